The van der Waals surface area contributed by atoms with Crippen LogP contribution in [0.4, 0.5) is 0 Å². The molecule has 0 aromatic carbocycles. The summed E-state index contributed by atoms with van der Waals surface area (Å²) in [6.07, 6.45) is 6.68. The maximum Gasteiger partial charge on any atom is 0.103 e. The van der Waals surface area contributed by atoms with Crippen molar-refractivity contribution < 1.29 is 0 Å². The minimum Gasteiger partial charge on any atom is -0.313 e. The topological polar surface area (TPSA) is 24.9 Å². The molecule has 3 rings (SSSR count). The summed E-state index contributed by atoms with van der Waals surface area (Å²) in [5.74, 6) is 1.74. The molecule has 1 saturated carbocycles. The van der Waals surface area contributed by atoms with Crippen molar-refractivity contribution in [2.45, 2.75) is 75.3 Å². The maximum atomic E-state index is 4.99. The van der Waals surface area contributed by atoms with E-state index in [9.17, 15) is 0 Å². The predicted octanol–water partition coefficient (Wildman–Crippen LogP) is 4.35. The lowest BCUT2D eigenvalue weighted by Crippen LogP contribution is -2.25. The number of aromatic nitrogens is 1. The first-order valence-corrected chi connectivity index (χ1v) is 9.67. The molecule has 0 radical (unpaired) electrons. The Morgan fingerprint density at radius 3 is 2.80 bits per heavy atom. The zero-order valence-corrected chi connectivity index (χ0v) is 14.5. The molecule has 1 fully saturated rings. The van der Waals surface area contributed by atoms with Crippen LogP contribution in [-0.4, -0.2) is 22.3 Å². The van der Waals surface area contributed by atoms with E-state index in [0.29, 0.717) is 10.7 Å². The minimum atomic E-state index is 0.332. The van der Waals surface area contributed by atoms with Gasteiger partial charge >= 0.3 is 0 Å². The van der Waals surface area contributed by atoms with E-state index >= 15 is 0 Å². The lowest BCUT2D eigenvalue weighted by atomic mass is 9.91. The molecule has 0 spiro atoms. The number of nitrogens with zero attached hydrogens (tertiary/aromatic N) is 1. The highest BCUT2D eigenvalue weighted by molar-refractivity contribution is 7.99. The lowest BCUT2D eigenvalue weighted by molar-refractivity contribution is 0.500. The van der Waals surface area contributed by atoms with Crippen LogP contribution in [0.25, 0.3) is 0 Å². The van der Waals surface area contributed by atoms with Crippen molar-refractivity contribution in [2.24, 2.45) is 0 Å². The van der Waals surface area contributed by atoms with E-state index < -0.39 is 0 Å². The zero-order chi connectivity index (χ0) is 14.2. The van der Waals surface area contributed by atoms with Gasteiger partial charge in [0.25, 0.3) is 0 Å². The fraction of sp³-hybridized carbons (Fsp3) is 0.812. The molecule has 2 nitrogen and oxygen atoms in total. The van der Waals surface area contributed by atoms with Gasteiger partial charge in [-0.3, -0.25) is 0 Å². The van der Waals surface area contributed by atoms with Crippen LogP contribution in [-0.2, 0) is 12.2 Å². The van der Waals surface area contributed by atoms with E-state index in [1.54, 1.807) is 4.88 Å². The van der Waals surface area contributed by atoms with Crippen LogP contribution in [0, 0.1) is 0 Å². The summed E-state index contributed by atoms with van der Waals surface area (Å²) in [5.41, 5.74) is 1.43. The largest absolute Gasteiger partial charge is 0.313 e. The molecule has 20 heavy (non-hydrogen) atoms. The minimum absolute atomic E-state index is 0.332. The Hall–Kier alpha value is -0.0600. The Morgan fingerprint density at radius 2 is 2.10 bits per heavy atom. The van der Waals surface area contributed by atoms with Gasteiger partial charge in [0.15, 0.2) is 0 Å². The quantitative estimate of drug-likeness (QED) is 0.875. The molecule has 1 unspecified atom stereocenters. The van der Waals surface area contributed by atoms with Crippen molar-refractivity contribution in [3.05, 3.63) is 15.6 Å². The average molecular weight is 311 g/mol. The van der Waals surface area contributed by atoms with Crippen LogP contribution in [0.2, 0.25) is 0 Å². The van der Waals surface area contributed by atoms with Crippen molar-refractivity contribution in [2.75, 3.05) is 6.54 Å². The van der Waals surface area contributed by atoms with E-state index in [-0.39, 0.29) is 0 Å². The Morgan fingerprint density at radius 1 is 1.30 bits per heavy atom. The van der Waals surface area contributed by atoms with E-state index in [1.165, 1.54) is 42.8 Å². The molecule has 1 atom stereocenters. The Balaban J connectivity index is 1.64. The number of rotatable bonds is 5. The molecule has 2 aliphatic carbocycles. The summed E-state index contributed by atoms with van der Waals surface area (Å²) in [6, 6.07) is 0.815. The van der Waals surface area contributed by atoms with E-state index in [0.717, 1.165) is 18.3 Å². The molecule has 0 amide bonds. The van der Waals surface area contributed by atoms with Crippen LogP contribution in [0.15, 0.2) is 0 Å². The Kier molecular flexibility index (Phi) is 4.44. The highest BCUT2D eigenvalue weighted by atomic mass is 32.2. The van der Waals surface area contributed by atoms with Crippen LogP contribution in [0.1, 0.15) is 68.0 Å². The second-order valence-electron chi connectivity index (χ2n) is 7.09. The molecular weight excluding hydrogens is 284 g/mol. The smallest absolute Gasteiger partial charge is 0.103 e. The number of thiazole rings is 1. The molecule has 0 saturated heterocycles. The van der Waals surface area contributed by atoms with Crippen molar-refractivity contribution in [3.8, 4) is 0 Å². The zero-order valence-electron chi connectivity index (χ0n) is 12.9. The van der Waals surface area contributed by atoms with E-state index in [4.69, 9.17) is 4.98 Å². The number of nitrogens with one attached hydrogen (secondary N) is 1. The molecule has 4 heteroatoms. The standard InChI is InChI=1S/C16H26N2S2/c1-16(2,3)19-10-14-18-15-11(9-17-12-7-8-12)5-4-6-13(15)20-14/h11-12,17H,4-10H2,1-3H3. The van der Waals surface area contributed by atoms with Gasteiger partial charge < -0.3 is 5.32 Å². The van der Waals surface area contributed by atoms with Crippen molar-refractivity contribution in [1.29, 1.82) is 0 Å². The number of hydrogen-bond donors (Lipinski definition) is 1. The summed E-state index contributed by atoms with van der Waals surface area (Å²) in [5, 5.41) is 5.03. The second kappa shape index (κ2) is 5.98. The van der Waals surface area contributed by atoms with Gasteiger partial charge in [0.1, 0.15) is 5.01 Å². The summed E-state index contributed by atoms with van der Waals surface area (Å²) >= 11 is 3.98. The second-order valence-corrected chi connectivity index (χ2v) is 10.1. The SMILES string of the molecule is CC(C)(C)SCc1nc2c(s1)CCCC2CNC1CC1. The fourth-order valence-corrected chi connectivity index (χ4v) is 4.72. The molecule has 1 heterocycles. The van der Waals surface area contributed by atoms with Crippen molar-refractivity contribution >= 4 is 23.1 Å². The summed E-state index contributed by atoms with van der Waals surface area (Å²) in [6.45, 7) is 8.00. The summed E-state index contributed by atoms with van der Waals surface area (Å²) < 4.78 is 0.332. The molecule has 0 aliphatic heterocycles. The first kappa shape index (κ1) is 14.9. The van der Waals surface area contributed by atoms with Crippen molar-refractivity contribution in [3.63, 3.8) is 0 Å². The molecular formula is C16H26N2S2. The molecule has 1 N–H and O–H groups in total. The highest BCUT2D eigenvalue weighted by Crippen LogP contribution is 2.37. The Labute approximate surface area is 131 Å². The first-order valence-electron chi connectivity index (χ1n) is 7.87. The Bertz CT molecular complexity index is 458. The third kappa shape index (κ3) is 3.99. The summed E-state index contributed by atoms with van der Waals surface area (Å²) in [7, 11) is 0. The predicted molar refractivity (Wildman–Crippen MR) is 89.9 cm³/mol. The number of thioether (sulfide) groups is 1. The van der Waals surface area contributed by atoms with Crippen LogP contribution < -0.4 is 5.32 Å². The molecule has 112 valence electrons. The molecule has 0 bridgehead atoms. The van der Waals surface area contributed by atoms with Gasteiger partial charge in [0.05, 0.1) is 5.69 Å². The van der Waals surface area contributed by atoms with E-state index in [1.807, 2.05) is 23.1 Å². The molecule has 1 aromatic rings. The van der Waals surface area contributed by atoms with Crippen LogP contribution in [0.3, 0.4) is 0 Å². The van der Waals surface area contributed by atoms with Gasteiger partial charge in [-0.25, -0.2) is 4.98 Å². The maximum absolute atomic E-state index is 4.99. The van der Waals surface area contributed by atoms with Gasteiger partial charge in [0.2, 0.25) is 0 Å². The molecule has 1 aromatic heterocycles. The first-order chi connectivity index (χ1) is 9.51. The average Bonchev–Trinajstić information content (AvgIpc) is 3.10. The number of hydrogen-bond acceptors (Lipinski definition) is 4. The normalized spacial score (nSPS) is 22.9. The number of aryl methyl sites for hydroxylation is 1. The van der Waals surface area contributed by atoms with Gasteiger partial charge in [0, 0.05) is 33.9 Å². The van der Waals surface area contributed by atoms with Crippen molar-refractivity contribution in [1.82, 2.24) is 10.3 Å². The van der Waals surface area contributed by atoms with Gasteiger partial charge in [-0.05, 0) is 32.1 Å². The lowest BCUT2D eigenvalue weighted by Gasteiger charge is -2.21. The highest BCUT2D eigenvalue weighted by Gasteiger charge is 2.27. The van der Waals surface area contributed by atoms with Gasteiger partial charge in [-0.2, -0.15) is 0 Å². The van der Waals surface area contributed by atoms with Crippen LogP contribution >= 0.6 is 23.1 Å². The summed E-state index contributed by atoms with van der Waals surface area (Å²) in [4.78, 5) is 6.56. The third-order valence-corrected chi connectivity index (χ3v) is 6.57. The molecule has 2 aliphatic rings. The van der Waals surface area contributed by atoms with Gasteiger partial charge in [-0.1, -0.05) is 20.8 Å². The van der Waals surface area contributed by atoms with Crippen LogP contribution in [0.5, 0.6) is 0 Å². The third-order valence-electron chi connectivity index (χ3n) is 3.97. The van der Waals surface area contributed by atoms with Gasteiger partial charge in [-0.15, -0.1) is 23.1 Å². The fourth-order valence-electron chi connectivity index (χ4n) is 2.69. The number of fused-ring (bicyclic) bond motifs is 1. The monoisotopic (exact) mass is 310 g/mol. The van der Waals surface area contributed by atoms with E-state index in [2.05, 4.69) is 26.1 Å².